The van der Waals surface area contributed by atoms with Crippen molar-refractivity contribution in [1.29, 1.82) is 0 Å². The van der Waals surface area contributed by atoms with E-state index in [4.69, 9.17) is 12.2 Å². The zero-order chi connectivity index (χ0) is 16.7. The Kier molecular flexibility index (Phi) is 4.08. The Labute approximate surface area is 143 Å². The van der Waals surface area contributed by atoms with Crippen LogP contribution in [0.4, 0.5) is 0 Å². The summed E-state index contributed by atoms with van der Waals surface area (Å²) in [7, 11) is 0. The van der Waals surface area contributed by atoms with Crippen LogP contribution in [-0.2, 0) is 10.2 Å². The van der Waals surface area contributed by atoms with Crippen LogP contribution in [0.1, 0.15) is 45.6 Å². The number of hydrogen-bond acceptors (Lipinski definition) is 2. The van der Waals surface area contributed by atoms with Gasteiger partial charge >= 0.3 is 0 Å². The van der Waals surface area contributed by atoms with Crippen LogP contribution in [0.2, 0.25) is 0 Å². The van der Waals surface area contributed by atoms with Crippen molar-refractivity contribution in [3.8, 4) is 0 Å². The topological polar surface area (TPSA) is 35.6 Å². The normalized spacial score (nSPS) is 19.6. The zero-order valence-corrected chi connectivity index (χ0v) is 14.9. The minimum absolute atomic E-state index is 0.106. The first kappa shape index (κ1) is 16.2. The first-order chi connectivity index (χ1) is 10.8. The number of amides is 1. The molecule has 1 aromatic rings. The van der Waals surface area contributed by atoms with Crippen LogP contribution < -0.4 is 5.32 Å². The lowest BCUT2D eigenvalue weighted by atomic mass is 9.95. The Hall–Kier alpha value is -1.62. The third-order valence-electron chi connectivity index (χ3n) is 4.47. The largest absolute Gasteiger partial charge is 0.357 e. The van der Waals surface area contributed by atoms with Crippen molar-refractivity contribution in [3.05, 3.63) is 35.9 Å². The number of benzene rings is 1. The van der Waals surface area contributed by atoms with Gasteiger partial charge in [-0.3, -0.25) is 14.8 Å². The van der Waals surface area contributed by atoms with Gasteiger partial charge in [-0.25, -0.2) is 0 Å². The molecule has 23 heavy (non-hydrogen) atoms. The maximum atomic E-state index is 13.2. The quantitative estimate of drug-likeness (QED) is 0.846. The first-order valence-corrected chi connectivity index (χ1v) is 8.71. The highest BCUT2D eigenvalue weighted by molar-refractivity contribution is 7.80. The zero-order valence-electron chi connectivity index (χ0n) is 14.1. The maximum absolute atomic E-state index is 13.2. The average Bonchev–Trinajstić information content (AvgIpc) is 3.15. The van der Waals surface area contributed by atoms with Gasteiger partial charge in [-0.05, 0) is 57.8 Å². The number of rotatable bonds is 2. The molecule has 2 fully saturated rings. The summed E-state index contributed by atoms with van der Waals surface area (Å²) in [4.78, 5) is 13.2. The summed E-state index contributed by atoms with van der Waals surface area (Å²) in [6.07, 6.45) is 2.82. The minimum atomic E-state index is -0.332. The molecule has 0 aromatic heterocycles. The van der Waals surface area contributed by atoms with Gasteiger partial charge in [-0.1, -0.05) is 30.3 Å². The summed E-state index contributed by atoms with van der Waals surface area (Å²) in [6.45, 7) is 7.79. The Bertz CT molecular complexity index is 604. The third-order valence-corrected chi connectivity index (χ3v) is 4.78. The molecule has 0 bridgehead atoms. The number of hydrazine groups is 1. The van der Waals surface area contributed by atoms with Gasteiger partial charge in [0.05, 0.1) is 5.41 Å². The molecule has 2 aliphatic rings. The van der Waals surface area contributed by atoms with E-state index in [0.717, 1.165) is 37.9 Å². The van der Waals surface area contributed by atoms with Crippen molar-refractivity contribution in [2.45, 2.75) is 51.0 Å². The van der Waals surface area contributed by atoms with Crippen LogP contribution in [0.15, 0.2) is 30.3 Å². The molecule has 1 aliphatic heterocycles. The monoisotopic (exact) mass is 331 g/mol. The van der Waals surface area contributed by atoms with E-state index >= 15 is 0 Å². The summed E-state index contributed by atoms with van der Waals surface area (Å²) < 4.78 is 0. The Morgan fingerprint density at radius 1 is 1.13 bits per heavy atom. The van der Waals surface area contributed by atoms with Crippen molar-refractivity contribution in [3.63, 3.8) is 0 Å². The van der Waals surface area contributed by atoms with Crippen molar-refractivity contribution in [1.82, 2.24) is 15.3 Å². The standard InChI is InChI=1S/C18H25N3OS/c1-17(2,3)19-16(23)21-13-7-12-20(21)15(22)18(10-11-18)14-8-5-4-6-9-14/h4-6,8-9H,7,10-13H2,1-3H3,(H,19,23). The molecule has 0 spiro atoms. The SMILES string of the molecule is CC(C)(C)NC(=S)N1CCCN1C(=O)C1(c2ccccc2)CC1. The molecule has 5 heteroatoms. The molecule has 1 amide bonds. The van der Waals surface area contributed by atoms with Crippen LogP contribution in [0.3, 0.4) is 0 Å². The molecular formula is C18H25N3OS. The molecule has 1 aromatic carbocycles. The van der Waals surface area contributed by atoms with Crippen LogP contribution in [-0.4, -0.2) is 39.7 Å². The summed E-state index contributed by atoms with van der Waals surface area (Å²) >= 11 is 5.54. The molecule has 0 atom stereocenters. The van der Waals surface area contributed by atoms with E-state index in [-0.39, 0.29) is 16.9 Å². The Morgan fingerprint density at radius 2 is 1.74 bits per heavy atom. The number of carbonyl (C=O) groups is 1. The third kappa shape index (κ3) is 3.20. The molecule has 0 unspecified atom stereocenters. The highest BCUT2D eigenvalue weighted by Gasteiger charge is 2.54. The van der Waals surface area contributed by atoms with E-state index in [1.165, 1.54) is 0 Å². The first-order valence-electron chi connectivity index (χ1n) is 8.31. The summed E-state index contributed by atoms with van der Waals surface area (Å²) in [5.74, 6) is 0.194. The van der Waals surface area contributed by atoms with Gasteiger partial charge in [0.25, 0.3) is 5.91 Å². The second-order valence-electron chi connectivity index (χ2n) is 7.53. The molecule has 0 radical (unpaired) electrons. The van der Waals surface area contributed by atoms with Gasteiger partial charge in [-0.15, -0.1) is 0 Å². The van der Waals surface area contributed by atoms with Gasteiger partial charge in [-0.2, -0.15) is 0 Å². The maximum Gasteiger partial charge on any atom is 0.251 e. The van der Waals surface area contributed by atoms with Gasteiger partial charge in [0, 0.05) is 18.6 Å². The smallest absolute Gasteiger partial charge is 0.251 e. The molecule has 1 aliphatic carbocycles. The van der Waals surface area contributed by atoms with Crippen molar-refractivity contribution in [2.75, 3.05) is 13.1 Å². The minimum Gasteiger partial charge on any atom is -0.357 e. The predicted molar refractivity (Wildman–Crippen MR) is 95.9 cm³/mol. The van der Waals surface area contributed by atoms with Crippen LogP contribution in [0.5, 0.6) is 0 Å². The van der Waals surface area contributed by atoms with Crippen molar-refractivity contribution < 1.29 is 4.79 Å². The average molecular weight is 331 g/mol. The van der Waals surface area contributed by atoms with Crippen LogP contribution in [0, 0.1) is 0 Å². The summed E-state index contributed by atoms with van der Waals surface area (Å²) in [5.41, 5.74) is 0.693. The van der Waals surface area contributed by atoms with Crippen molar-refractivity contribution in [2.24, 2.45) is 0 Å². The second-order valence-corrected chi connectivity index (χ2v) is 7.92. The predicted octanol–water partition coefficient (Wildman–Crippen LogP) is 2.84. The Morgan fingerprint density at radius 3 is 2.30 bits per heavy atom. The highest BCUT2D eigenvalue weighted by Crippen LogP contribution is 2.50. The van der Waals surface area contributed by atoms with E-state index in [2.05, 4.69) is 38.2 Å². The number of carbonyl (C=O) groups excluding carboxylic acids is 1. The van der Waals surface area contributed by atoms with Gasteiger partial charge in [0.2, 0.25) is 0 Å². The summed E-state index contributed by atoms with van der Waals surface area (Å²) in [6, 6.07) is 10.1. The second kappa shape index (κ2) is 5.78. The van der Waals surface area contributed by atoms with Gasteiger partial charge < -0.3 is 5.32 Å². The molecule has 1 saturated heterocycles. The fourth-order valence-corrected chi connectivity index (χ4v) is 3.67. The molecule has 4 nitrogen and oxygen atoms in total. The number of thiocarbonyl (C=S) groups is 1. The molecule has 1 N–H and O–H groups in total. The van der Waals surface area contributed by atoms with E-state index in [0.29, 0.717) is 5.11 Å². The number of hydrogen-bond donors (Lipinski definition) is 1. The van der Waals surface area contributed by atoms with E-state index < -0.39 is 0 Å². The van der Waals surface area contributed by atoms with Crippen LogP contribution >= 0.6 is 12.2 Å². The fraction of sp³-hybridized carbons (Fsp3) is 0.556. The molecular weight excluding hydrogens is 306 g/mol. The van der Waals surface area contributed by atoms with E-state index in [9.17, 15) is 4.79 Å². The van der Waals surface area contributed by atoms with Crippen LogP contribution in [0.25, 0.3) is 0 Å². The van der Waals surface area contributed by atoms with E-state index in [1.807, 2.05) is 28.2 Å². The lowest BCUT2D eigenvalue weighted by Gasteiger charge is -2.35. The Balaban J connectivity index is 1.78. The number of nitrogens with one attached hydrogen (secondary N) is 1. The van der Waals surface area contributed by atoms with E-state index in [1.54, 1.807) is 0 Å². The summed E-state index contributed by atoms with van der Waals surface area (Å²) in [5, 5.41) is 7.78. The fourth-order valence-electron chi connectivity index (χ4n) is 3.17. The molecule has 1 heterocycles. The number of nitrogens with zero attached hydrogens (tertiary/aromatic N) is 2. The van der Waals surface area contributed by atoms with Crippen molar-refractivity contribution >= 4 is 23.2 Å². The lowest BCUT2D eigenvalue weighted by Crippen LogP contribution is -2.55. The molecule has 124 valence electrons. The van der Waals surface area contributed by atoms with Gasteiger partial charge in [0.15, 0.2) is 5.11 Å². The van der Waals surface area contributed by atoms with Gasteiger partial charge in [0.1, 0.15) is 0 Å². The molecule has 3 rings (SSSR count). The lowest BCUT2D eigenvalue weighted by molar-refractivity contribution is -0.141. The highest BCUT2D eigenvalue weighted by atomic mass is 32.1. The molecule has 1 saturated carbocycles.